The van der Waals surface area contributed by atoms with Crippen LogP contribution in [0.1, 0.15) is 38.6 Å². The topological polar surface area (TPSA) is 66.3 Å². The zero-order valence-corrected chi connectivity index (χ0v) is 14.0. The summed E-state index contributed by atoms with van der Waals surface area (Å²) in [7, 11) is 2.14. The van der Waals surface area contributed by atoms with Gasteiger partial charge in [0, 0.05) is 45.7 Å². The first-order chi connectivity index (χ1) is 10.6. The van der Waals surface area contributed by atoms with Gasteiger partial charge in [-0.3, -0.25) is 4.79 Å². The number of piperazine rings is 1. The van der Waals surface area contributed by atoms with Crippen molar-refractivity contribution < 1.29 is 4.79 Å². The van der Waals surface area contributed by atoms with Crippen molar-refractivity contribution in [3.63, 3.8) is 0 Å². The van der Waals surface area contributed by atoms with Crippen LogP contribution in [0.3, 0.4) is 0 Å². The molecule has 1 fully saturated rings. The van der Waals surface area contributed by atoms with E-state index in [0.717, 1.165) is 51.5 Å². The van der Waals surface area contributed by atoms with Gasteiger partial charge in [0.15, 0.2) is 0 Å². The highest BCUT2D eigenvalue weighted by Gasteiger charge is 2.17. The summed E-state index contributed by atoms with van der Waals surface area (Å²) in [5.74, 6) is 0.910. The second-order valence-corrected chi connectivity index (χ2v) is 6.03. The molecule has 22 heavy (non-hydrogen) atoms. The molecule has 1 saturated heterocycles. The summed E-state index contributed by atoms with van der Waals surface area (Å²) in [6, 6.07) is -0.103. The number of hydrogen-bond acceptors (Lipinski definition) is 5. The summed E-state index contributed by atoms with van der Waals surface area (Å²) < 4.78 is 1.87. The van der Waals surface area contributed by atoms with Gasteiger partial charge in [0.05, 0.1) is 6.04 Å². The fourth-order valence-electron chi connectivity index (χ4n) is 2.70. The quantitative estimate of drug-likeness (QED) is 0.795. The largest absolute Gasteiger partial charge is 0.346 e. The van der Waals surface area contributed by atoms with Gasteiger partial charge < -0.3 is 15.1 Å². The van der Waals surface area contributed by atoms with Gasteiger partial charge in [-0.25, -0.2) is 9.67 Å². The monoisotopic (exact) mass is 308 g/mol. The molecule has 7 heteroatoms. The van der Waals surface area contributed by atoms with Crippen molar-refractivity contribution in [2.24, 2.45) is 0 Å². The van der Waals surface area contributed by atoms with Crippen LogP contribution in [-0.4, -0.2) is 70.2 Å². The first-order valence-electron chi connectivity index (χ1n) is 8.18. The first-order valence-corrected chi connectivity index (χ1v) is 8.18. The van der Waals surface area contributed by atoms with E-state index in [1.165, 1.54) is 0 Å². The summed E-state index contributed by atoms with van der Waals surface area (Å²) in [5, 5.41) is 7.23. The minimum Gasteiger partial charge on any atom is -0.346 e. The Kier molecular flexibility index (Phi) is 6.33. The molecule has 1 aromatic heterocycles. The molecule has 7 nitrogen and oxygen atoms in total. The van der Waals surface area contributed by atoms with Gasteiger partial charge in [0.25, 0.3) is 0 Å². The number of hydrogen-bond donors (Lipinski definition) is 1. The third-order valence-electron chi connectivity index (χ3n) is 4.10. The Bertz CT molecular complexity index is 466. The molecule has 124 valence electrons. The molecule has 0 aromatic carbocycles. The number of likely N-dealkylation sites (N-methyl/N-ethyl adjacent to an activating group) is 1. The molecule has 0 unspecified atom stereocenters. The number of aryl methyl sites for hydroxylation is 1. The normalized spacial score (nSPS) is 18.3. The Morgan fingerprint density at radius 3 is 2.73 bits per heavy atom. The molecule has 0 radical (unpaired) electrons. The Morgan fingerprint density at radius 2 is 2.05 bits per heavy atom. The van der Waals surface area contributed by atoms with Gasteiger partial charge in [-0.2, -0.15) is 5.10 Å². The molecule has 0 saturated carbocycles. The van der Waals surface area contributed by atoms with E-state index in [2.05, 4.69) is 39.2 Å². The minimum absolute atomic E-state index is 0.0810. The number of amides is 1. The second-order valence-electron chi connectivity index (χ2n) is 6.03. The van der Waals surface area contributed by atoms with Crippen molar-refractivity contribution in [2.45, 2.75) is 39.3 Å². The lowest BCUT2D eigenvalue weighted by atomic mass is 10.2. The van der Waals surface area contributed by atoms with Crippen molar-refractivity contribution in [3.05, 3.63) is 12.2 Å². The van der Waals surface area contributed by atoms with Crippen LogP contribution in [0.2, 0.25) is 0 Å². The lowest BCUT2D eigenvalue weighted by Crippen LogP contribution is -2.45. The predicted octanol–water partition coefficient (Wildman–Crippen LogP) is 0.503. The van der Waals surface area contributed by atoms with Crippen LogP contribution in [0.5, 0.6) is 0 Å². The highest BCUT2D eigenvalue weighted by atomic mass is 16.1. The Morgan fingerprint density at radius 1 is 1.32 bits per heavy atom. The minimum atomic E-state index is -0.103. The fraction of sp³-hybridized carbons (Fsp3) is 0.800. The van der Waals surface area contributed by atoms with Crippen LogP contribution in [-0.2, 0) is 11.3 Å². The summed E-state index contributed by atoms with van der Waals surface area (Å²) in [5.41, 5.74) is 0. The number of nitrogens with zero attached hydrogens (tertiary/aromatic N) is 5. The maximum Gasteiger partial charge on any atom is 0.221 e. The summed E-state index contributed by atoms with van der Waals surface area (Å²) in [6.07, 6.45) is 3.09. The van der Waals surface area contributed by atoms with Crippen LogP contribution >= 0.6 is 0 Å². The van der Waals surface area contributed by atoms with Gasteiger partial charge in [-0.1, -0.05) is 6.92 Å². The third kappa shape index (κ3) is 4.78. The average Bonchev–Trinajstić information content (AvgIpc) is 2.95. The maximum atomic E-state index is 12.1. The van der Waals surface area contributed by atoms with Crippen LogP contribution < -0.4 is 5.32 Å². The Hall–Kier alpha value is -1.47. The van der Waals surface area contributed by atoms with E-state index < -0.39 is 0 Å². The van der Waals surface area contributed by atoms with Crippen molar-refractivity contribution in [2.75, 3.05) is 39.8 Å². The van der Waals surface area contributed by atoms with Crippen LogP contribution in [0.25, 0.3) is 0 Å². The summed E-state index contributed by atoms with van der Waals surface area (Å²) in [6.45, 7) is 9.98. The molecule has 1 amide bonds. The molecular weight excluding hydrogens is 280 g/mol. The van der Waals surface area contributed by atoms with Crippen molar-refractivity contribution >= 4 is 5.91 Å². The maximum absolute atomic E-state index is 12.1. The molecule has 0 bridgehead atoms. The van der Waals surface area contributed by atoms with Crippen LogP contribution in [0.4, 0.5) is 0 Å². The molecular formula is C15H28N6O. The SMILES string of the molecule is CCCn1ncnc1[C@@H](C)NC(=O)CCN1CCN(C)CC1. The lowest BCUT2D eigenvalue weighted by molar-refractivity contribution is -0.122. The lowest BCUT2D eigenvalue weighted by Gasteiger charge is -2.32. The molecule has 2 rings (SSSR count). The van der Waals surface area contributed by atoms with Gasteiger partial charge in [0.1, 0.15) is 12.2 Å². The zero-order valence-electron chi connectivity index (χ0n) is 14.0. The molecule has 1 atom stereocenters. The Labute approximate surface area is 132 Å². The van der Waals surface area contributed by atoms with E-state index in [1.54, 1.807) is 6.33 Å². The molecule has 1 aliphatic heterocycles. The van der Waals surface area contributed by atoms with E-state index in [0.29, 0.717) is 6.42 Å². The highest BCUT2D eigenvalue weighted by Crippen LogP contribution is 2.09. The predicted molar refractivity (Wildman–Crippen MR) is 85.4 cm³/mol. The second kappa shape index (κ2) is 8.24. The van der Waals surface area contributed by atoms with Gasteiger partial charge in [-0.05, 0) is 20.4 Å². The number of nitrogens with one attached hydrogen (secondary N) is 1. The van der Waals surface area contributed by atoms with E-state index in [-0.39, 0.29) is 11.9 Å². The highest BCUT2D eigenvalue weighted by molar-refractivity contribution is 5.76. The van der Waals surface area contributed by atoms with E-state index in [9.17, 15) is 4.79 Å². The smallest absolute Gasteiger partial charge is 0.221 e. The standard InChI is InChI=1S/C15H28N6O/c1-4-6-21-15(16-12-17-21)13(2)18-14(22)5-7-20-10-8-19(3)9-11-20/h12-13H,4-11H2,1-3H3,(H,18,22)/t13-/m1/s1. The van der Waals surface area contributed by atoms with Gasteiger partial charge >= 0.3 is 0 Å². The van der Waals surface area contributed by atoms with Crippen LogP contribution in [0.15, 0.2) is 6.33 Å². The van der Waals surface area contributed by atoms with Crippen LogP contribution in [0, 0.1) is 0 Å². The number of aromatic nitrogens is 3. The molecule has 2 heterocycles. The number of carbonyl (C=O) groups is 1. The molecule has 0 spiro atoms. The molecule has 0 aliphatic carbocycles. The van der Waals surface area contributed by atoms with E-state index >= 15 is 0 Å². The van der Waals surface area contributed by atoms with Crippen molar-refractivity contribution in [3.8, 4) is 0 Å². The van der Waals surface area contributed by atoms with E-state index in [1.807, 2.05) is 11.6 Å². The van der Waals surface area contributed by atoms with E-state index in [4.69, 9.17) is 0 Å². The fourth-order valence-corrected chi connectivity index (χ4v) is 2.70. The number of carbonyl (C=O) groups excluding carboxylic acids is 1. The average molecular weight is 308 g/mol. The summed E-state index contributed by atoms with van der Waals surface area (Å²) in [4.78, 5) is 21.1. The van der Waals surface area contributed by atoms with Crippen molar-refractivity contribution in [1.29, 1.82) is 0 Å². The first kappa shape index (κ1) is 16.9. The molecule has 1 N–H and O–H groups in total. The third-order valence-corrected chi connectivity index (χ3v) is 4.10. The zero-order chi connectivity index (χ0) is 15.9. The number of rotatable bonds is 7. The van der Waals surface area contributed by atoms with Crippen molar-refractivity contribution in [1.82, 2.24) is 29.9 Å². The summed E-state index contributed by atoms with van der Waals surface area (Å²) >= 11 is 0. The molecule has 1 aromatic rings. The molecule has 1 aliphatic rings. The Balaban J connectivity index is 1.75. The van der Waals surface area contributed by atoms with Gasteiger partial charge in [-0.15, -0.1) is 0 Å². The van der Waals surface area contributed by atoms with Gasteiger partial charge in [0.2, 0.25) is 5.91 Å².